The van der Waals surface area contributed by atoms with Crippen LogP contribution in [0, 0.1) is 0 Å². The van der Waals surface area contributed by atoms with Crippen molar-refractivity contribution in [3.8, 4) is 0 Å². The standard InChI is InChI=1S/C14H20N4/c1-4-13-12(10-18(3)17-13)14(15-2)8-11-6-5-7-16-9-11/h5-7,9-10,14-15H,4,8H2,1-3H3. The Balaban J connectivity index is 2.22. The van der Waals surface area contributed by atoms with Gasteiger partial charge in [-0.15, -0.1) is 0 Å². The monoisotopic (exact) mass is 244 g/mol. The summed E-state index contributed by atoms with van der Waals surface area (Å²) >= 11 is 0. The SMILES string of the molecule is CCc1nn(C)cc1C(Cc1cccnc1)NC. The molecule has 2 heterocycles. The van der Waals surface area contributed by atoms with E-state index in [4.69, 9.17) is 0 Å². The van der Waals surface area contributed by atoms with Gasteiger partial charge < -0.3 is 5.32 Å². The van der Waals surface area contributed by atoms with Gasteiger partial charge in [0.25, 0.3) is 0 Å². The second-order valence-electron chi connectivity index (χ2n) is 4.47. The Bertz CT molecular complexity index is 490. The van der Waals surface area contributed by atoms with Crippen LogP contribution in [0.1, 0.15) is 29.8 Å². The maximum atomic E-state index is 4.50. The summed E-state index contributed by atoms with van der Waals surface area (Å²) < 4.78 is 1.89. The fourth-order valence-corrected chi connectivity index (χ4v) is 2.24. The summed E-state index contributed by atoms with van der Waals surface area (Å²) in [5.74, 6) is 0. The number of nitrogens with zero attached hydrogens (tertiary/aromatic N) is 3. The molecular weight excluding hydrogens is 224 g/mol. The maximum Gasteiger partial charge on any atom is 0.0669 e. The van der Waals surface area contributed by atoms with Gasteiger partial charge in [-0.1, -0.05) is 13.0 Å². The average molecular weight is 244 g/mol. The van der Waals surface area contributed by atoms with E-state index in [2.05, 4.69) is 34.6 Å². The van der Waals surface area contributed by atoms with E-state index in [1.54, 1.807) is 6.20 Å². The number of pyridine rings is 1. The first-order valence-corrected chi connectivity index (χ1v) is 6.33. The smallest absolute Gasteiger partial charge is 0.0669 e. The summed E-state index contributed by atoms with van der Waals surface area (Å²) in [6.07, 6.45) is 7.73. The Labute approximate surface area is 108 Å². The zero-order chi connectivity index (χ0) is 13.0. The molecule has 0 aliphatic rings. The molecule has 0 saturated heterocycles. The maximum absolute atomic E-state index is 4.50. The summed E-state index contributed by atoms with van der Waals surface area (Å²) in [6, 6.07) is 4.38. The lowest BCUT2D eigenvalue weighted by Gasteiger charge is -2.15. The van der Waals surface area contributed by atoms with Crippen molar-refractivity contribution in [1.82, 2.24) is 20.1 Å². The molecule has 18 heavy (non-hydrogen) atoms. The first kappa shape index (κ1) is 12.8. The number of rotatable bonds is 5. The van der Waals surface area contributed by atoms with Crippen molar-refractivity contribution in [2.75, 3.05) is 7.05 Å². The van der Waals surface area contributed by atoms with Crippen molar-refractivity contribution in [1.29, 1.82) is 0 Å². The fraction of sp³-hybridized carbons (Fsp3) is 0.429. The minimum absolute atomic E-state index is 0.290. The Morgan fingerprint density at radius 1 is 1.44 bits per heavy atom. The molecule has 0 aromatic carbocycles. The van der Waals surface area contributed by atoms with Crippen molar-refractivity contribution in [3.63, 3.8) is 0 Å². The van der Waals surface area contributed by atoms with Gasteiger partial charge in [0.1, 0.15) is 0 Å². The molecule has 0 aliphatic carbocycles. The van der Waals surface area contributed by atoms with Crippen LogP contribution in [0.25, 0.3) is 0 Å². The van der Waals surface area contributed by atoms with Gasteiger partial charge in [-0.05, 0) is 31.5 Å². The Hall–Kier alpha value is -1.68. The molecule has 2 rings (SSSR count). The number of nitrogens with one attached hydrogen (secondary N) is 1. The van der Waals surface area contributed by atoms with Gasteiger partial charge in [-0.3, -0.25) is 9.67 Å². The van der Waals surface area contributed by atoms with Crippen molar-refractivity contribution in [3.05, 3.63) is 47.5 Å². The molecule has 0 fully saturated rings. The second-order valence-corrected chi connectivity index (χ2v) is 4.47. The fourth-order valence-electron chi connectivity index (χ4n) is 2.24. The molecule has 2 aromatic rings. The molecule has 4 nitrogen and oxygen atoms in total. The van der Waals surface area contributed by atoms with Gasteiger partial charge in [0.2, 0.25) is 0 Å². The minimum atomic E-state index is 0.290. The van der Waals surface area contributed by atoms with E-state index >= 15 is 0 Å². The van der Waals surface area contributed by atoms with Crippen LogP contribution in [0.2, 0.25) is 0 Å². The quantitative estimate of drug-likeness (QED) is 0.873. The molecule has 0 amide bonds. The van der Waals surface area contributed by atoms with Gasteiger partial charge in [-0.25, -0.2) is 0 Å². The molecule has 0 aliphatic heterocycles. The molecule has 0 spiro atoms. The van der Waals surface area contributed by atoms with Gasteiger partial charge in [0.15, 0.2) is 0 Å². The van der Waals surface area contributed by atoms with E-state index in [0.717, 1.165) is 12.8 Å². The Morgan fingerprint density at radius 3 is 2.89 bits per heavy atom. The largest absolute Gasteiger partial charge is 0.313 e. The van der Waals surface area contributed by atoms with E-state index in [-0.39, 0.29) is 6.04 Å². The number of hydrogen-bond acceptors (Lipinski definition) is 3. The lowest BCUT2D eigenvalue weighted by molar-refractivity contribution is 0.585. The Morgan fingerprint density at radius 2 is 2.28 bits per heavy atom. The van der Waals surface area contributed by atoms with Crippen LogP contribution < -0.4 is 5.32 Å². The van der Waals surface area contributed by atoms with Crippen LogP contribution in [-0.2, 0) is 19.9 Å². The third kappa shape index (κ3) is 2.76. The van der Waals surface area contributed by atoms with E-state index < -0.39 is 0 Å². The number of hydrogen-bond donors (Lipinski definition) is 1. The number of aryl methyl sites for hydroxylation is 2. The normalized spacial score (nSPS) is 12.6. The van der Waals surface area contributed by atoms with E-state index in [1.807, 2.05) is 31.0 Å². The predicted molar refractivity (Wildman–Crippen MR) is 72.3 cm³/mol. The molecular formula is C14H20N4. The average Bonchev–Trinajstić information content (AvgIpc) is 2.78. The molecule has 0 radical (unpaired) electrons. The third-order valence-electron chi connectivity index (χ3n) is 3.16. The summed E-state index contributed by atoms with van der Waals surface area (Å²) in [7, 11) is 3.97. The Kier molecular flexibility index (Phi) is 4.10. The van der Waals surface area contributed by atoms with Crippen molar-refractivity contribution in [2.24, 2.45) is 7.05 Å². The highest BCUT2D eigenvalue weighted by atomic mass is 15.3. The first-order chi connectivity index (χ1) is 8.74. The van der Waals surface area contributed by atoms with Gasteiger partial charge in [0, 0.05) is 37.2 Å². The van der Waals surface area contributed by atoms with Gasteiger partial charge >= 0.3 is 0 Å². The number of aromatic nitrogens is 3. The van der Waals surface area contributed by atoms with E-state index in [9.17, 15) is 0 Å². The van der Waals surface area contributed by atoms with Crippen LogP contribution in [0.15, 0.2) is 30.7 Å². The summed E-state index contributed by atoms with van der Waals surface area (Å²) in [5.41, 5.74) is 3.69. The lowest BCUT2D eigenvalue weighted by atomic mass is 10.00. The molecule has 1 atom stereocenters. The summed E-state index contributed by atoms with van der Waals surface area (Å²) in [4.78, 5) is 4.16. The lowest BCUT2D eigenvalue weighted by Crippen LogP contribution is -2.19. The zero-order valence-electron chi connectivity index (χ0n) is 11.2. The van der Waals surface area contributed by atoms with E-state index in [1.165, 1.54) is 16.8 Å². The number of likely N-dealkylation sites (N-methyl/N-ethyl adjacent to an activating group) is 1. The molecule has 4 heteroatoms. The van der Waals surface area contributed by atoms with Crippen molar-refractivity contribution in [2.45, 2.75) is 25.8 Å². The molecule has 1 N–H and O–H groups in total. The highest BCUT2D eigenvalue weighted by Crippen LogP contribution is 2.21. The van der Waals surface area contributed by atoms with Crippen LogP contribution in [0.3, 0.4) is 0 Å². The second kappa shape index (κ2) is 5.78. The predicted octanol–water partition coefficient (Wildman–Crippen LogP) is 1.88. The van der Waals surface area contributed by atoms with Gasteiger partial charge in [-0.2, -0.15) is 5.10 Å². The molecule has 0 saturated carbocycles. The topological polar surface area (TPSA) is 42.7 Å². The highest BCUT2D eigenvalue weighted by Gasteiger charge is 2.16. The van der Waals surface area contributed by atoms with Crippen LogP contribution >= 0.6 is 0 Å². The van der Waals surface area contributed by atoms with Crippen molar-refractivity contribution < 1.29 is 0 Å². The minimum Gasteiger partial charge on any atom is -0.313 e. The van der Waals surface area contributed by atoms with Crippen molar-refractivity contribution >= 4 is 0 Å². The first-order valence-electron chi connectivity index (χ1n) is 6.33. The van der Waals surface area contributed by atoms with Crippen LogP contribution in [0.5, 0.6) is 0 Å². The third-order valence-corrected chi connectivity index (χ3v) is 3.16. The molecule has 96 valence electrons. The van der Waals surface area contributed by atoms with Crippen LogP contribution in [-0.4, -0.2) is 21.8 Å². The van der Waals surface area contributed by atoms with Crippen LogP contribution in [0.4, 0.5) is 0 Å². The van der Waals surface area contributed by atoms with E-state index in [0.29, 0.717) is 0 Å². The summed E-state index contributed by atoms with van der Waals surface area (Å²) in [6.45, 7) is 2.14. The summed E-state index contributed by atoms with van der Waals surface area (Å²) in [5, 5.41) is 7.87. The zero-order valence-corrected chi connectivity index (χ0v) is 11.2. The molecule has 0 bridgehead atoms. The van der Waals surface area contributed by atoms with Gasteiger partial charge in [0.05, 0.1) is 5.69 Å². The molecule has 1 unspecified atom stereocenters. The molecule has 2 aromatic heterocycles. The highest BCUT2D eigenvalue weighted by molar-refractivity contribution is 5.24.